The van der Waals surface area contributed by atoms with Gasteiger partial charge in [0, 0.05) is 31.4 Å². The van der Waals surface area contributed by atoms with Crippen molar-refractivity contribution < 1.29 is 0 Å². The lowest BCUT2D eigenvalue weighted by Gasteiger charge is -2.28. The van der Waals surface area contributed by atoms with Crippen LogP contribution in [-0.2, 0) is 20.0 Å². The molecule has 1 aliphatic carbocycles. The van der Waals surface area contributed by atoms with Crippen LogP contribution in [0, 0.1) is 5.41 Å². The van der Waals surface area contributed by atoms with E-state index >= 15 is 0 Å². The Hall–Kier alpha value is -1.61. The molecule has 3 nitrogen and oxygen atoms in total. The van der Waals surface area contributed by atoms with E-state index in [-0.39, 0.29) is 5.41 Å². The SMILES string of the molecule is Cn1cc(CNC2c3ccccc3CC2(C)C)cn1. The first kappa shape index (κ1) is 12.4. The fourth-order valence-corrected chi connectivity index (χ4v) is 3.16. The van der Waals surface area contributed by atoms with Gasteiger partial charge in [-0.25, -0.2) is 0 Å². The molecule has 1 aromatic heterocycles. The van der Waals surface area contributed by atoms with E-state index in [1.54, 1.807) is 0 Å². The van der Waals surface area contributed by atoms with Gasteiger partial charge in [0.2, 0.25) is 0 Å². The van der Waals surface area contributed by atoms with Crippen molar-refractivity contribution in [1.82, 2.24) is 15.1 Å². The Labute approximate surface area is 114 Å². The third-order valence-corrected chi connectivity index (χ3v) is 4.06. The highest BCUT2D eigenvalue weighted by atomic mass is 15.2. The normalized spacial score (nSPS) is 20.5. The Kier molecular flexibility index (Phi) is 2.94. The number of nitrogens with one attached hydrogen (secondary N) is 1. The Morgan fingerprint density at radius 2 is 2.16 bits per heavy atom. The van der Waals surface area contributed by atoms with Crippen molar-refractivity contribution >= 4 is 0 Å². The summed E-state index contributed by atoms with van der Waals surface area (Å²) < 4.78 is 1.85. The van der Waals surface area contributed by atoms with Gasteiger partial charge in [-0.05, 0) is 23.0 Å². The zero-order valence-electron chi connectivity index (χ0n) is 11.9. The number of aryl methyl sites for hydroxylation is 1. The van der Waals surface area contributed by atoms with Gasteiger partial charge in [-0.3, -0.25) is 4.68 Å². The van der Waals surface area contributed by atoms with Crippen molar-refractivity contribution in [1.29, 1.82) is 0 Å². The molecule has 1 aliphatic rings. The number of hydrogen-bond donors (Lipinski definition) is 1. The summed E-state index contributed by atoms with van der Waals surface area (Å²) in [6.07, 6.45) is 5.15. The Balaban J connectivity index is 1.79. The Morgan fingerprint density at radius 3 is 2.89 bits per heavy atom. The van der Waals surface area contributed by atoms with E-state index in [2.05, 4.69) is 54.7 Å². The average molecular weight is 255 g/mol. The molecule has 1 unspecified atom stereocenters. The van der Waals surface area contributed by atoms with Crippen molar-refractivity contribution in [2.24, 2.45) is 12.5 Å². The van der Waals surface area contributed by atoms with Crippen LogP contribution in [0.25, 0.3) is 0 Å². The van der Waals surface area contributed by atoms with Crippen LogP contribution in [0.1, 0.15) is 36.6 Å². The van der Waals surface area contributed by atoms with Crippen LogP contribution < -0.4 is 5.32 Å². The maximum absolute atomic E-state index is 4.22. The minimum atomic E-state index is 0.270. The van der Waals surface area contributed by atoms with Gasteiger partial charge < -0.3 is 5.32 Å². The molecule has 100 valence electrons. The number of benzene rings is 1. The van der Waals surface area contributed by atoms with Crippen LogP contribution in [0.15, 0.2) is 36.7 Å². The fraction of sp³-hybridized carbons (Fsp3) is 0.438. The van der Waals surface area contributed by atoms with Gasteiger partial charge in [0.25, 0.3) is 0 Å². The molecule has 0 saturated carbocycles. The lowest BCUT2D eigenvalue weighted by Crippen LogP contribution is -2.30. The maximum atomic E-state index is 4.22. The summed E-state index contributed by atoms with van der Waals surface area (Å²) >= 11 is 0. The van der Waals surface area contributed by atoms with E-state index in [1.807, 2.05) is 17.9 Å². The first-order valence-electron chi connectivity index (χ1n) is 6.85. The summed E-state index contributed by atoms with van der Waals surface area (Å²) in [6, 6.07) is 9.20. The molecule has 2 aromatic rings. The molecule has 1 atom stereocenters. The summed E-state index contributed by atoms with van der Waals surface area (Å²) in [7, 11) is 1.96. The third-order valence-electron chi connectivity index (χ3n) is 4.06. The monoisotopic (exact) mass is 255 g/mol. The first-order chi connectivity index (χ1) is 9.06. The van der Waals surface area contributed by atoms with E-state index in [0.29, 0.717) is 6.04 Å². The molecular formula is C16H21N3. The zero-order chi connectivity index (χ0) is 13.5. The van der Waals surface area contributed by atoms with E-state index < -0.39 is 0 Å². The Bertz CT molecular complexity index is 583. The molecule has 0 fully saturated rings. The molecule has 0 spiro atoms. The second-order valence-corrected chi connectivity index (χ2v) is 6.20. The standard InChI is InChI=1S/C16H21N3/c1-16(2)8-13-6-4-5-7-14(13)15(16)17-9-12-10-18-19(3)11-12/h4-7,10-11,15,17H,8-9H2,1-3H3. The quantitative estimate of drug-likeness (QED) is 0.914. The van der Waals surface area contributed by atoms with E-state index in [9.17, 15) is 0 Å². The lowest BCUT2D eigenvalue weighted by atomic mass is 9.85. The lowest BCUT2D eigenvalue weighted by molar-refractivity contribution is 0.268. The molecular weight excluding hydrogens is 234 g/mol. The molecule has 1 aromatic carbocycles. The highest BCUT2D eigenvalue weighted by Gasteiger charge is 2.38. The first-order valence-corrected chi connectivity index (χ1v) is 6.85. The molecule has 0 amide bonds. The minimum absolute atomic E-state index is 0.270. The second kappa shape index (κ2) is 4.49. The van der Waals surface area contributed by atoms with Crippen LogP contribution in [0.4, 0.5) is 0 Å². The molecule has 0 aliphatic heterocycles. The van der Waals surface area contributed by atoms with Gasteiger partial charge in [0.05, 0.1) is 6.20 Å². The molecule has 3 rings (SSSR count). The van der Waals surface area contributed by atoms with Crippen molar-refractivity contribution in [2.45, 2.75) is 32.9 Å². The topological polar surface area (TPSA) is 29.9 Å². The van der Waals surface area contributed by atoms with Crippen molar-refractivity contribution in [2.75, 3.05) is 0 Å². The van der Waals surface area contributed by atoms with Crippen molar-refractivity contribution in [3.8, 4) is 0 Å². The van der Waals surface area contributed by atoms with E-state index in [0.717, 1.165) is 13.0 Å². The maximum Gasteiger partial charge on any atom is 0.0534 e. The zero-order valence-corrected chi connectivity index (χ0v) is 11.9. The summed E-state index contributed by atoms with van der Waals surface area (Å²) in [5, 5.41) is 7.92. The van der Waals surface area contributed by atoms with E-state index in [1.165, 1.54) is 16.7 Å². The van der Waals surface area contributed by atoms with Crippen molar-refractivity contribution in [3.63, 3.8) is 0 Å². The summed E-state index contributed by atoms with van der Waals surface area (Å²) in [5.74, 6) is 0. The Morgan fingerprint density at radius 1 is 1.37 bits per heavy atom. The van der Waals surface area contributed by atoms with Crippen LogP contribution in [0.5, 0.6) is 0 Å². The number of rotatable bonds is 3. The summed E-state index contributed by atoms with van der Waals surface area (Å²) in [6.45, 7) is 5.55. The number of hydrogen-bond acceptors (Lipinski definition) is 2. The molecule has 0 radical (unpaired) electrons. The predicted octanol–water partition coefficient (Wildman–Crippen LogP) is 2.83. The highest BCUT2D eigenvalue weighted by molar-refractivity contribution is 5.37. The molecule has 1 N–H and O–H groups in total. The molecule has 0 bridgehead atoms. The number of aromatic nitrogens is 2. The fourth-order valence-electron chi connectivity index (χ4n) is 3.16. The van der Waals surface area contributed by atoms with E-state index in [4.69, 9.17) is 0 Å². The van der Waals surface area contributed by atoms with Gasteiger partial charge in [-0.15, -0.1) is 0 Å². The van der Waals surface area contributed by atoms with Crippen molar-refractivity contribution in [3.05, 3.63) is 53.3 Å². The largest absolute Gasteiger partial charge is 0.305 e. The summed E-state index contributed by atoms with van der Waals surface area (Å²) in [5.41, 5.74) is 4.45. The molecule has 19 heavy (non-hydrogen) atoms. The average Bonchev–Trinajstić information content (AvgIpc) is 2.87. The van der Waals surface area contributed by atoms with Crippen LogP contribution in [-0.4, -0.2) is 9.78 Å². The molecule has 1 heterocycles. The molecule has 0 saturated heterocycles. The van der Waals surface area contributed by atoms with Gasteiger partial charge in [0.1, 0.15) is 0 Å². The third kappa shape index (κ3) is 2.30. The van der Waals surface area contributed by atoms with Gasteiger partial charge in [-0.1, -0.05) is 38.1 Å². The van der Waals surface area contributed by atoms with Crippen LogP contribution in [0.2, 0.25) is 0 Å². The minimum Gasteiger partial charge on any atom is -0.305 e. The predicted molar refractivity (Wildman–Crippen MR) is 76.7 cm³/mol. The number of nitrogens with zero attached hydrogens (tertiary/aromatic N) is 2. The smallest absolute Gasteiger partial charge is 0.0534 e. The van der Waals surface area contributed by atoms with Gasteiger partial charge in [-0.2, -0.15) is 5.10 Å². The second-order valence-electron chi connectivity index (χ2n) is 6.20. The van der Waals surface area contributed by atoms with Crippen LogP contribution in [0.3, 0.4) is 0 Å². The highest BCUT2D eigenvalue weighted by Crippen LogP contribution is 2.45. The number of fused-ring (bicyclic) bond motifs is 1. The summed E-state index contributed by atoms with van der Waals surface area (Å²) in [4.78, 5) is 0. The van der Waals surface area contributed by atoms with Gasteiger partial charge in [0.15, 0.2) is 0 Å². The molecule has 3 heteroatoms. The van der Waals surface area contributed by atoms with Gasteiger partial charge >= 0.3 is 0 Å². The van der Waals surface area contributed by atoms with Crippen LogP contribution >= 0.6 is 0 Å².